The van der Waals surface area contributed by atoms with E-state index in [4.69, 9.17) is 35.7 Å². The SMILES string of the molecule is CCCCCCCCC(=O)O.OCC(O)C(O)C(O)C(O)CO. The first-order chi connectivity index (χ1) is 10.8. The third-order valence-corrected chi connectivity index (χ3v) is 3.26. The van der Waals surface area contributed by atoms with Crippen LogP contribution in [0.2, 0.25) is 0 Å². The first-order valence-corrected chi connectivity index (χ1v) is 7.97. The lowest BCUT2D eigenvalue weighted by Gasteiger charge is -2.24. The van der Waals surface area contributed by atoms with Crippen LogP contribution in [0.4, 0.5) is 0 Å². The van der Waals surface area contributed by atoms with Gasteiger partial charge in [0.25, 0.3) is 0 Å². The summed E-state index contributed by atoms with van der Waals surface area (Å²) in [5, 5.41) is 60.5. The Hall–Kier alpha value is -0.770. The van der Waals surface area contributed by atoms with Crippen LogP contribution in [0.5, 0.6) is 0 Å². The first kappa shape index (κ1) is 24.5. The van der Waals surface area contributed by atoms with Gasteiger partial charge in [-0.25, -0.2) is 0 Å². The highest BCUT2D eigenvalue weighted by Crippen LogP contribution is 2.06. The van der Waals surface area contributed by atoms with Crippen LogP contribution in [0.25, 0.3) is 0 Å². The lowest BCUT2D eigenvalue weighted by Crippen LogP contribution is -2.46. The monoisotopic (exact) mass is 340 g/mol. The Balaban J connectivity index is 0. The molecule has 4 atom stereocenters. The van der Waals surface area contributed by atoms with Gasteiger partial charge in [0, 0.05) is 6.42 Å². The van der Waals surface area contributed by atoms with Gasteiger partial charge < -0.3 is 35.7 Å². The van der Waals surface area contributed by atoms with E-state index in [1.165, 1.54) is 25.7 Å². The molecule has 0 saturated heterocycles. The maximum Gasteiger partial charge on any atom is 0.303 e. The van der Waals surface area contributed by atoms with Crippen molar-refractivity contribution in [1.82, 2.24) is 0 Å². The number of hydrogen-bond acceptors (Lipinski definition) is 7. The van der Waals surface area contributed by atoms with E-state index in [1.54, 1.807) is 0 Å². The topological polar surface area (TPSA) is 159 Å². The Labute approximate surface area is 137 Å². The van der Waals surface area contributed by atoms with E-state index in [9.17, 15) is 4.79 Å². The molecule has 8 heteroatoms. The van der Waals surface area contributed by atoms with Gasteiger partial charge in [0.05, 0.1) is 13.2 Å². The van der Waals surface area contributed by atoms with Crippen molar-refractivity contribution in [2.24, 2.45) is 0 Å². The van der Waals surface area contributed by atoms with Gasteiger partial charge in [-0.15, -0.1) is 0 Å². The zero-order chi connectivity index (χ0) is 18.3. The lowest BCUT2D eigenvalue weighted by molar-refractivity contribution is -0.137. The number of aliphatic carboxylic acids is 1. The van der Waals surface area contributed by atoms with Crippen molar-refractivity contribution in [3.63, 3.8) is 0 Å². The molecule has 0 saturated carbocycles. The second kappa shape index (κ2) is 16.1. The number of carbonyl (C=O) groups is 1. The van der Waals surface area contributed by atoms with Crippen molar-refractivity contribution in [1.29, 1.82) is 0 Å². The predicted octanol–water partition coefficient (Wildman–Crippen LogP) is -0.764. The molecule has 0 aromatic carbocycles. The van der Waals surface area contributed by atoms with Gasteiger partial charge >= 0.3 is 5.97 Å². The maximum atomic E-state index is 10.1. The number of hydrogen-bond donors (Lipinski definition) is 7. The Bertz CT molecular complexity index is 260. The molecule has 0 heterocycles. The molecule has 0 amide bonds. The summed E-state index contributed by atoms with van der Waals surface area (Å²) < 4.78 is 0. The maximum absolute atomic E-state index is 10.1. The zero-order valence-corrected chi connectivity index (χ0v) is 13.7. The van der Waals surface area contributed by atoms with Gasteiger partial charge in [0.15, 0.2) is 0 Å². The normalized spacial score (nSPS) is 16.0. The minimum Gasteiger partial charge on any atom is -0.481 e. The van der Waals surface area contributed by atoms with Gasteiger partial charge in [-0.1, -0.05) is 39.0 Å². The summed E-state index contributed by atoms with van der Waals surface area (Å²) in [4.78, 5) is 10.1. The Morgan fingerprint density at radius 2 is 1.17 bits per heavy atom. The summed E-state index contributed by atoms with van der Waals surface area (Å²) in [5.74, 6) is -0.666. The van der Waals surface area contributed by atoms with Crippen molar-refractivity contribution < 1.29 is 40.5 Å². The van der Waals surface area contributed by atoms with Crippen LogP contribution in [0.1, 0.15) is 51.9 Å². The molecular formula is C15H32O8. The van der Waals surface area contributed by atoms with Crippen molar-refractivity contribution in [2.75, 3.05) is 13.2 Å². The molecular weight excluding hydrogens is 308 g/mol. The standard InChI is InChI=1S/C9H18O2.C6H14O6/c1-2-3-4-5-6-7-8-9(10)11;7-1-3(9)5(11)6(12)4(10)2-8/h2-8H2,1H3,(H,10,11);3-12H,1-2H2. The smallest absolute Gasteiger partial charge is 0.303 e. The number of rotatable bonds is 12. The Kier molecular flexibility index (Phi) is 17.1. The predicted molar refractivity (Wildman–Crippen MR) is 83.8 cm³/mol. The fourth-order valence-electron chi connectivity index (χ4n) is 1.73. The zero-order valence-electron chi connectivity index (χ0n) is 13.7. The van der Waals surface area contributed by atoms with E-state index in [1.807, 2.05) is 0 Å². The third kappa shape index (κ3) is 14.5. The summed E-state index contributed by atoms with van der Waals surface area (Å²) in [5.41, 5.74) is 0. The number of unbranched alkanes of at least 4 members (excludes halogenated alkanes) is 5. The molecule has 0 bridgehead atoms. The van der Waals surface area contributed by atoms with Crippen LogP contribution in [-0.2, 0) is 4.79 Å². The van der Waals surface area contributed by atoms with Crippen LogP contribution in [-0.4, -0.2) is 79.3 Å². The molecule has 0 aliphatic rings. The van der Waals surface area contributed by atoms with Gasteiger partial charge in [0.2, 0.25) is 0 Å². The van der Waals surface area contributed by atoms with Crippen LogP contribution < -0.4 is 0 Å². The van der Waals surface area contributed by atoms with Crippen LogP contribution >= 0.6 is 0 Å². The molecule has 8 nitrogen and oxygen atoms in total. The average Bonchev–Trinajstić information content (AvgIpc) is 2.55. The number of carboxylic acid groups (broad SMARTS) is 1. The summed E-state index contributed by atoms with van der Waals surface area (Å²) in [6, 6.07) is 0. The molecule has 140 valence electrons. The molecule has 0 aromatic heterocycles. The van der Waals surface area contributed by atoms with Crippen molar-refractivity contribution in [3.05, 3.63) is 0 Å². The first-order valence-electron chi connectivity index (χ1n) is 7.97. The van der Waals surface area contributed by atoms with E-state index in [-0.39, 0.29) is 0 Å². The molecule has 0 rings (SSSR count). The van der Waals surface area contributed by atoms with Crippen LogP contribution in [0.3, 0.4) is 0 Å². The quantitative estimate of drug-likeness (QED) is 0.228. The highest BCUT2D eigenvalue weighted by atomic mass is 16.4. The van der Waals surface area contributed by atoms with Gasteiger partial charge in [0.1, 0.15) is 24.4 Å². The fourth-order valence-corrected chi connectivity index (χ4v) is 1.73. The minimum absolute atomic E-state index is 0.339. The van der Waals surface area contributed by atoms with E-state index in [2.05, 4.69) is 6.92 Å². The summed E-state index contributed by atoms with van der Waals surface area (Å²) in [6.07, 6.45) is 0.859. The highest BCUT2D eigenvalue weighted by Gasteiger charge is 2.29. The second-order valence-corrected chi connectivity index (χ2v) is 5.39. The third-order valence-electron chi connectivity index (χ3n) is 3.26. The average molecular weight is 340 g/mol. The molecule has 23 heavy (non-hydrogen) atoms. The Morgan fingerprint density at radius 1 is 0.783 bits per heavy atom. The Morgan fingerprint density at radius 3 is 1.52 bits per heavy atom. The van der Waals surface area contributed by atoms with Crippen molar-refractivity contribution >= 4 is 5.97 Å². The van der Waals surface area contributed by atoms with Gasteiger partial charge in [-0.05, 0) is 6.42 Å². The molecule has 7 N–H and O–H groups in total. The molecule has 0 aliphatic heterocycles. The van der Waals surface area contributed by atoms with E-state index >= 15 is 0 Å². The fraction of sp³-hybridized carbons (Fsp3) is 0.933. The lowest BCUT2D eigenvalue weighted by atomic mass is 10.0. The number of aliphatic hydroxyl groups excluding tert-OH is 6. The molecule has 4 unspecified atom stereocenters. The molecule has 0 fully saturated rings. The van der Waals surface area contributed by atoms with Gasteiger partial charge in [-0.2, -0.15) is 0 Å². The van der Waals surface area contributed by atoms with Crippen LogP contribution in [0.15, 0.2) is 0 Å². The number of aliphatic hydroxyl groups is 6. The summed E-state index contributed by atoms with van der Waals surface area (Å²) in [6.45, 7) is 0.726. The second-order valence-electron chi connectivity index (χ2n) is 5.39. The molecule has 0 aromatic rings. The highest BCUT2D eigenvalue weighted by molar-refractivity contribution is 5.66. The molecule has 0 aliphatic carbocycles. The summed E-state index contributed by atoms with van der Waals surface area (Å²) in [7, 11) is 0. The van der Waals surface area contributed by atoms with E-state index in [0.717, 1.165) is 12.8 Å². The molecule has 0 spiro atoms. The van der Waals surface area contributed by atoms with Crippen molar-refractivity contribution in [2.45, 2.75) is 76.3 Å². The van der Waals surface area contributed by atoms with E-state index < -0.39 is 43.6 Å². The minimum atomic E-state index is -1.67. The largest absolute Gasteiger partial charge is 0.481 e. The van der Waals surface area contributed by atoms with Crippen molar-refractivity contribution in [3.8, 4) is 0 Å². The van der Waals surface area contributed by atoms with Gasteiger partial charge in [-0.3, -0.25) is 4.79 Å². The number of carboxylic acids is 1. The summed E-state index contributed by atoms with van der Waals surface area (Å²) >= 11 is 0. The van der Waals surface area contributed by atoms with Crippen LogP contribution in [0, 0.1) is 0 Å². The van der Waals surface area contributed by atoms with E-state index in [0.29, 0.717) is 6.42 Å². The molecule has 0 radical (unpaired) electrons.